The van der Waals surface area contributed by atoms with Crippen LogP contribution in [0.4, 0.5) is 16.5 Å². The van der Waals surface area contributed by atoms with Crippen molar-refractivity contribution in [2.24, 2.45) is 0 Å². The van der Waals surface area contributed by atoms with E-state index in [9.17, 15) is 5.26 Å². The second-order valence-corrected chi connectivity index (χ2v) is 4.93. The van der Waals surface area contributed by atoms with Crippen LogP contribution in [0.5, 0.6) is 0 Å². The van der Waals surface area contributed by atoms with Crippen LogP contribution in [0.25, 0.3) is 10.9 Å². The highest BCUT2D eigenvalue weighted by Gasteiger charge is 2.13. The van der Waals surface area contributed by atoms with Crippen molar-refractivity contribution in [1.29, 1.82) is 5.26 Å². The number of hydrogen-bond acceptors (Lipinski definition) is 5. The Kier molecular flexibility index (Phi) is 2.78. The first-order valence-electron chi connectivity index (χ1n) is 5.68. The quantitative estimate of drug-likeness (QED) is 0.744. The molecule has 5 heteroatoms. The predicted octanol–water partition coefficient (Wildman–Crippen LogP) is 3.49. The maximum Gasteiger partial charge on any atom is 0.144 e. The number of nitrogens with one attached hydrogen (secondary N) is 1. The maximum absolute atomic E-state index is 9.28. The molecule has 0 amide bonds. The largest absolute Gasteiger partial charge is 0.383 e. The molecule has 1 aromatic carbocycles. The molecule has 0 bridgehead atoms. The molecular formula is C14H10N4S. The van der Waals surface area contributed by atoms with E-state index in [1.165, 1.54) is 0 Å². The normalized spacial score (nSPS) is 10.3. The number of anilines is 3. The van der Waals surface area contributed by atoms with E-state index in [0.717, 1.165) is 15.9 Å². The summed E-state index contributed by atoms with van der Waals surface area (Å²) in [6.45, 7) is 0. The Labute approximate surface area is 114 Å². The summed E-state index contributed by atoms with van der Waals surface area (Å²) in [5, 5.41) is 16.4. The lowest BCUT2D eigenvalue weighted by Crippen LogP contribution is -2.01. The van der Waals surface area contributed by atoms with Crippen LogP contribution in [-0.4, -0.2) is 4.98 Å². The number of para-hydroxylation sites is 1. The van der Waals surface area contributed by atoms with Gasteiger partial charge in [0.2, 0.25) is 0 Å². The van der Waals surface area contributed by atoms with Crippen LogP contribution < -0.4 is 11.1 Å². The molecule has 0 aliphatic heterocycles. The number of nitrogen functional groups attached to an aromatic ring is 1. The number of benzene rings is 1. The molecule has 0 spiro atoms. The molecule has 92 valence electrons. The number of nitriles is 1. The molecule has 4 nitrogen and oxygen atoms in total. The highest BCUT2D eigenvalue weighted by molar-refractivity contribution is 7.14. The van der Waals surface area contributed by atoms with E-state index >= 15 is 0 Å². The fourth-order valence-electron chi connectivity index (χ4n) is 1.95. The summed E-state index contributed by atoms with van der Waals surface area (Å²) in [5.74, 6) is 0.250. The SMILES string of the molecule is N#Cc1c(N)nc2ccccc2c1Nc1cccs1. The summed E-state index contributed by atoms with van der Waals surface area (Å²) in [5.41, 5.74) is 7.73. The molecule has 3 rings (SSSR count). The lowest BCUT2D eigenvalue weighted by Gasteiger charge is -2.11. The minimum atomic E-state index is 0.250. The molecule has 2 heterocycles. The van der Waals surface area contributed by atoms with Crippen LogP contribution in [0, 0.1) is 11.3 Å². The first-order valence-corrected chi connectivity index (χ1v) is 6.56. The Hall–Kier alpha value is -2.58. The smallest absolute Gasteiger partial charge is 0.144 e. The van der Waals surface area contributed by atoms with Crippen LogP contribution in [0.15, 0.2) is 41.8 Å². The average molecular weight is 266 g/mol. The van der Waals surface area contributed by atoms with Crippen molar-refractivity contribution < 1.29 is 0 Å². The van der Waals surface area contributed by atoms with Crippen molar-refractivity contribution in [3.63, 3.8) is 0 Å². The van der Waals surface area contributed by atoms with Gasteiger partial charge in [0.15, 0.2) is 0 Å². The second-order valence-electron chi connectivity index (χ2n) is 3.98. The van der Waals surface area contributed by atoms with Gasteiger partial charge in [-0.3, -0.25) is 0 Å². The Balaban J connectivity index is 2.27. The van der Waals surface area contributed by atoms with Crippen LogP contribution in [0.2, 0.25) is 0 Å². The van der Waals surface area contributed by atoms with Crippen LogP contribution >= 0.6 is 11.3 Å². The van der Waals surface area contributed by atoms with E-state index in [2.05, 4.69) is 16.4 Å². The number of hydrogen-bond donors (Lipinski definition) is 2. The zero-order chi connectivity index (χ0) is 13.2. The van der Waals surface area contributed by atoms with Crippen molar-refractivity contribution >= 4 is 38.7 Å². The topological polar surface area (TPSA) is 74.7 Å². The lowest BCUT2D eigenvalue weighted by molar-refractivity contribution is 1.37. The maximum atomic E-state index is 9.28. The molecule has 0 saturated heterocycles. The molecule has 0 atom stereocenters. The Morgan fingerprint density at radius 2 is 2.05 bits per heavy atom. The number of nitrogens with zero attached hydrogens (tertiary/aromatic N) is 2. The summed E-state index contributed by atoms with van der Waals surface area (Å²) in [4.78, 5) is 4.26. The number of fused-ring (bicyclic) bond motifs is 1. The zero-order valence-electron chi connectivity index (χ0n) is 9.92. The van der Waals surface area contributed by atoms with Gasteiger partial charge in [0.1, 0.15) is 17.5 Å². The molecule has 0 radical (unpaired) electrons. The monoisotopic (exact) mass is 266 g/mol. The summed E-state index contributed by atoms with van der Waals surface area (Å²) in [7, 11) is 0. The van der Waals surface area contributed by atoms with Gasteiger partial charge in [0, 0.05) is 5.39 Å². The molecule has 3 N–H and O–H groups in total. The first kappa shape index (κ1) is 11.5. The highest BCUT2D eigenvalue weighted by atomic mass is 32.1. The molecule has 0 saturated carbocycles. The van der Waals surface area contributed by atoms with E-state index in [4.69, 9.17) is 5.73 Å². The van der Waals surface area contributed by atoms with E-state index in [1.807, 2.05) is 41.8 Å². The van der Waals surface area contributed by atoms with Crippen LogP contribution in [0.1, 0.15) is 5.56 Å². The minimum absolute atomic E-state index is 0.250. The molecule has 0 aliphatic rings. The standard InChI is InChI=1S/C14H10N4S/c15-8-10-13(18-12-6-3-7-19-12)9-4-1-2-5-11(9)17-14(10)16/h1-7H,(H3,16,17,18). The van der Waals surface area contributed by atoms with Crippen LogP contribution in [-0.2, 0) is 0 Å². The molecule has 0 fully saturated rings. The van der Waals surface area contributed by atoms with Gasteiger partial charge in [-0.1, -0.05) is 18.2 Å². The van der Waals surface area contributed by atoms with Crippen molar-refractivity contribution in [2.45, 2.75) is 0 Å². The fourth-order valence-corrected chi connectivity index (χ4v) is 2.57. The Bertz CT molecular complexity index is 772. The number of rotatable bonds is 2. The first-order chi connectivity index (χ1) is 9.29. The van der Waals surface area contributed by atoms with E-state index in [-0.39, 0.29) is 5.82 Å². The van der Waals surface area contributed by atoms with Crippen molar-refractivity contribution in [3.05, 3.63) is 47.3 Å². The molecule has 0 aliphatic carbocycles. The summed E-state index contributed by atoms with van der Waals surface area (Å²) in [6, 6.07) is 13.7. The second kappa shape index (κ2) is 4.59. The van der Waals surface area contributed by atoms with Gasteiger partial charge in [-0.15, -0.1) is 11.3 Å². The Morgan fingerprint density at radius 3 is 2.79 bits per heavy atom. The minimum Gasteiger partial charge on any atom is -0.383 e. The summed E-state index contributed by atoms with van der Waals surface area (Å²) in [6.07, 6.45) is 0. The van der Waals surface area contributed by atoms with Gasteiger partial charge in [-0.25, -0.2) is 4.98 Å². The van der Waals surface area contributed by atoms with Gasteiger partial charge >= 0.3 is 0 Å². The van der Waals surface area contributed by atoms with Crippen molar-refractivity contribution in [3.8, 4) is 6.07 Å². The molecule has 0 unspecified atom stereocenters. The third kappa shape index (κ3) is 1.98. The van der Waals surface area contributed by atoms with E-state index < -0.39 is 0 Å². The lowest BCUT2D eigenvalue weighted by atomic mass is 10.1. The third-order valence-electron chi connectivity index (χ3n) is 2.80. The van der Waals surface area contributed by atoms with Gasteiger partial charge in [0.25, 0.3) is 0 Å². The molecule has 2 aromatic heterocycles. The average Bonchev–Trinajstić information content (AvgIpc) is 2.92. The van der Waals surface area contributed by atoms with Gasteiger partial charge in [0.05, 0.1) is 16.2 Å². The molecule has 3 aromatic rings. The van der Waals surface area contributed by atoms with E-state index in [0.29, 0.717) is 11.3 Å². The van der Waals surface area contributed by atoms with Crippen molar-refractivity contribution in [1.82, 2.24) is 4.98 Å². The highest BCUT2D eigenvalue weighted by Crippen LogP contribution is 2.33. The number of pyridine rings is 1. The van der Waals surface area contributed by atoms with Gasteiger partial charge in [-0.2, -0.15) is 5.26 Å². The van der Waals surface area contributed by atoms with Gasteiger partial charge in [-0.05, 0) is 23.6 Å². The predicted molar refractivity (Wildman–Crippen MR) is 78.5 cm³/mol. The summed E-state index contributed by atoms with van der Waals surface area (Å²) < 4.78 is 0. The third-order valence-corrected chi connectivity index (χ3v) is 3.59. The van der Waals surface area contributed by atoms with Crippen LogP contribution in [0.3, 0.4) is 0 Å². The number of nitrogens with two attached hydrogens (primary N) is 1. The summed E-state index contributed by atoms with van der Waals surface area (Å²) >= 11 is 1.57. The number of thiophene rings is 1. The fraction of sp³-hybridized carbons (Fsp3) is 0. The number of aromatic nitrogens is 1. The molecule has 19 heavy (non-hydrogen) atoms. The molecular weight excluding hydrogens is 256 g/mol. The Morgan fingerprint density at radius 1 is 1.21 bits per heavy atom. The zero-order valence-corrected chi connectivity index (χ0v) is 10.7. The van der Waals surface area contributed by atoms with Gasteiger partial charge < -0.3 is 11.1 Å². The van der Waals surface area contributed by atoms with E-state index in [1.54, 1.807) is 11.3 Å². The van der Waals surface area contributed by atoms with Crippen molar-refractivity contribution in [2.75, 3.05) is 11.1 Å².